The van der Waals surface area contributed by atoms with E-state index in [-0.39, 0.29) is 11.8 Å². The van der Waals surface area contributed by atoms with Gasteiger partial charge in [-0.25, -0.2) is 0 Å². The van der Waals surface area contributed by atoms with E-state index in [1.807, 2.05) is 28.0 Å². The van der Waals surface area contributed by atoms with E-state index >= 15 is 0 Å². The average molecular weight is 371 g/mol. The first-order valence-corrected chi connectivity index (χ1v) is 9.97. The minimum absolute atomic E-state index is 0.139. The lowest BCUT2D eigenvalue weighted by Crippen LogP contribution is -2.36. The molecule has 0 radical (unpaired) electrons. The molecule has 2 fully saturated rings. The lowest BCUT2D eigenvalue weighted by atomic mass is 9.97. The molecule has 1 unspecified atom stereocenters. The van der Waals surface area contributed by atoms with Crippen LogP contribution in [0.3, 0.4) is 0 Å². The van der Waals surface area contributed by atoms with E-state index < -0.39 is 5.91 Å². The second-order valence-corrected chi connectivity index (χ2v) is 7.70. The van der Waals surface area contributed by atoms with Crippen LogP contribution in [0.2, 0.25) is 0 Å². The predicted molar refractivity (Wildman–Crippen MR) is 103 cm³/mol. The summed E-state index contributed by atoms with van der Waals surface area (Å²) in [7, 11) is 0. The summed E-state index contributed by atoms with van der Waals surface area (Å²) in [6.07, 6.45) is 5.94. The smallest absolute Gasteiger partial charge is 0.248 e. The fourth-order valence-electron chi connectivity index (χ4n) is 4.07. The molecule has 2 heterocycles. The second kappa shape index (κ2) is 9.02. The molecule has 27 heavy (non-hydrogen) atoms. The van der Waals surface area contributed by atoms with E-state index in [4.69, 9.17) is 5.73 Å². The van der Waals surface area contributed by atoms with Crippen LogP contribution in [-0.2, 0) is 16.0 Å². The van der Waals surface area contributed by atoms with E-state index in [1.165, 1.54) is 0 Å². The third-order valence-corrected chi connectivity index (χ3v) is 5.64. The van der Waals surface area contributed by atoms with E-state index in [9.17, 15) is 14.4 Å². The van der Waals surface area contributed by atoms with Crippen LogP contribution in [0.15, 0.2) is 24.3 Å². The van der Waals surface area contributed by atoms with Gasteiger partial charge in [0.15, 0.2) is 0 Å². The van der Waals surface area contributed by atoms with Gasteiger partial charge in [0.25, 0.3) is 0 Å². The number of hydrogen-bond donors (Lipinski definition) is 1. The zero-order valence-corrected chi connectivity index (χ0v) is 15.9. The van der Waals surface area contributed by atoms with Crippen molar-refractivity contribution in [2.45, 2.75) is 44.9 Å². The lowest BCUT2D eigenvalue weighted by Gasteiger charge is -2.22. The fourth-order valence-corrected chi connectivity index (χ4v) is 4.07. The number of amides is 3. The highest BCUT2D eigenvalue weighted by atomic mass is 16.2. The van der Waals surface area contributed by atoms with Gasteiger partial charge in [-0.15, -0.1) is 0 Å². The van der Waals surface area contributed by atoms with Crippen LogP contribution in [0.5, 0.6) is 0 Å². The fraction of sp³-hybridized carbons (Fsp3) is 0.571. The number of carbonyl (C=O) groups excluding carboxylic acids is 3. The normalized spacial score (nSPS) is 20.6. The predicted octanol–water partition coefficient (Wildman–Crippen LogP) is 1.97. The molecule has 1 aromatic carbocycles. The molecular formula is C21H29N3O3. The van der Waals surface area contributed by atoms with Crippen molar-refractivity contribution in [1.29, 1.82) is 0 Å². The minimum atomic E-state index is -0.414. The summed E-state index contributed by atoms with van der Waals surface area (Å²) in [5.74, 6) is 0.314. The summed E-state index contributed by atoms with van der Waals surface area (Å²) in [5.41, 5.74) is 6.96. The van der Waals surface area contributed by atoms with Crippen molar-refractivity contribution in [3.63, 3.8) is 0 Å². The van der Waals surface area contributed by atoms with E-state index in [0.717, 1.165) is 57.3 Å². The summed E-state index contributed by atoms with van der Waals surface area (Å²) in [4.78, 5) is 39.7. The van der Waals surface area contributed by atoms with Crippen LogP contribution in [-0.4, -0.2) is 53.7 Å². The van der Waals surface area contributed by atoms with Gasteiger partial charge in [-0.1, -0.05) is 18.6 Å². The number of likely N-dealkylation sites (tertiary alicyclic amines) is 2. The molecule has 1 atom stereocenters. The molecule has 2 saturated heterocycles. The largest absolute Gasteiger partial charge is 0.366 e. The highest BCUT2D eigenvalue weighted by molar-refractivity contribution is 5.92. The number of benzene rings is 1. The highest BCUT2D eigenvalue weighted by Crippen LogP contribution is 2.22. The quantitative estimate of drug-likeness (QED) is 0.830. The molecule has 1 aromatic rings. The molecule has 3 amide bonds. The summed E-state index contributed by atoms with van der Waals surface area (Å²) < 4.78 is 0. The van der Waals surface area contributed by atoms with E-state index in [2.05, 4.69) is 0 Å². The molecule has 2 N–H and O–H groups in total. The summed E-state index contributed by atoms with van der Waals surface area (Å²) in [5, 5.41) is 0. The van der Waals surface area contributed by atoms with Gasteiger partial charge in [-0.3, -0.25) is 14.4 Å². The number of carbonyl (C=O) groups is 3. The van der Waals surface area contributed by atoms with Crippen LogP contribution >= 0.6 is 0 Å². The maximum absolute atomic E-state index is 12.5. The van der Waals surface area contributed by atoms with Gasteiger partial charge in [-0.2, -0.15) is 0 Å². The molecule has 6 nitrogen and oxygen atoms in total. The van der Waals surface area contributed by atoms with Crippen LogP contribution in [0.4, 0.5) is 0 Å². The Morgan fingerprint density at radius 3 is 2.81 bits per heavy atom. The Morgan fingerprint density at radius 1 is 1.15 bits per heavy atom. The molecule has 0 aliphatic carbocycles. The third-order valence-electron chi connectivity index (χ3n) is 5.64. The minimum Gasteiger partial charge on any atom is -0.366 e. The van der Waals surface area contributed by atoms with Gasteiger partial charge in [0.2, 0.25) is 17.7 Å². The first kappa shape index (κ1) is 19.4. The lowest BCUT2D eigenvalue weighted by molar-refractivity contribution is -0.133. The Balaban J connectivity index is 1.47. The van der Waals surface area contributed by atoms with Crippen molar-refractivity contribution in [2.24, 2.45) is 11.7 Å². The number of rotatable bonds is 6. The van der Waals surface area contributed by atoms with Crippen molar-refractivity contribution in [3.05, 3.63) is 35.4 Å². The van der Waals surface area contributed by atoms with Gasteiger partial charge in [0.05, 0.1) is 0 Å². The molecule has 0 bridgehead atoms. The summed E-state index contributed by atoms with van der Waals surface area (Å²) in [6.45, 7) is 2.84. The van der Waals surface area contributed by atoms with E-state index in [0.29, 0.717) is 30.9 Å². The zero-order valence-electron chi connectivity index (χ0n) is 15.9. The van der Waals surface area contributed by atoms with Crippen LogP contribution < -0.4 is 5.73 Å². The maximum atomic E-state index is 12.5. The van der Waals surface area contributed by atoms with Crippen LogP contribution in [0.25, 0.3) is 0 Å². The van der Waals surface area contributed by atoms with Gasteiger partial charge >= 0.3 is 0 Å². The van der Waals surface area contributed by atoms with Crippen molar-refractivity contribution in [1.82, 2.24) is 9.80 Å². The average Bonchev–Trinajstić information content (AvgIpc) is 3.02. The number of hydrogen-bond acceptors (Lipinski definition) is 3. The Hall–Kier alpha value is -2.37. The Morgan fingerprint density at radius 2 is 2.00 bits per heavy atom. The molecule has 3 rings (SSSR count). The van der Waals surface area contributed by atoms with Crippen LogP contribution in [0, 0.1) is 5.92 Å². The van der Waals surface area contributed by atoms with Crippen LogP contribution in [0.1, 0.15) is 54.4 Å². The standard InChI is InChI=1S/C21H29N3O3/c22-21(27)18-6-4-5-16(14-18)13-17-8-11-24(15-17)20(26)9-12-23-10-3-1-2-7-19(23)25/h4-6,14,17H,1-3,7-13,15H2,(H2,22,27). The van der Waals surface area contributed by atoms with Crippen molar-refractivity contribution < 1.29 is 14.4 Å². The van der Waals surface area contributed by atoms with Crippen molar-refractivity contribution >= 4 is 17.7 Å². The molecule has 0 spiro atoms. The SMILES string of the molecule is NC(=O)c1cccc(CC2CCN(C(=O)CCN3CCCCCC3=O)C2)c1. The summed E-state index contributed by atoms with van der Waals surface area (Å²) in [6, 6.07) is 7.42. The molecular weight excluding hydrogens is 342 g/mol. The van der Waals surface area contributed by atoms with Gasteiger partial charge in [0.1, 0.15) is 0 Å². The zero-order chi connectivity index (χ0) is 19.2. The number of nitrogens with two attached hydrogens (primary N) is 1. The third kappa shape index (κ3) is 5.31. The van der Waals surface area contributed by atoms with Gasteiger partial charge in [-0.05, 0) is 49.3 Å². The Bertz CT molecular complexity index is 704. The number of nitrogens with zero attached hydrogens (tertiary/aromatic N) is 2. The molecule has 2 aliphatic heterocycles. The first-order valence-electron chi connectivity index (χ1n) is 9.97. The molecule has 146 valence electrons. The molecule has 6 heteroatoms. The van der Waals surface area contributed by atoms with Gasteiger partial charge in [0, 0.05) is 44.6 Å². The first-order chi connectivity index (χ1) is 13.0. The van der Waals surface area contributed by atoms with Gasteiger partial charge < -0.3 is 15.5 Å². The molecule has 0 saturated carbocycles. The number of primary amides is 1. The maximum Gasteiger partial charge on any atom is 0.248 e. The summed E-state index contributed by atoms with van der Waals surface area (Å²) >= 11 is 0. The highest BCUT2D eigenvalue weighted by Gasteiger charge is 2.27. The Labute approximate surface area is 160 Å². The Kier molecular flexibility index (Phi) is 6.48. The monoisotopic (exact) mass is 371 g/mol. The topological polar surface area (TPSA) is 83.7 Å². The molecule has 2 aliphatic rings. The molecule has 0 aromatic heterocycles. The second-order valence-electron chi connectivity index (χ2n) is 7.70. The van der Waals surface area contributed by atoms with E-state index in [1.54, 1.807) is 6.07 Å². The van der Waals surface area contributed by atoms with Crippen molar-refractivity contribution in [2.75, 3.05) is 26.2 Å². The van der Waals surface area contributed by atoms with Crippen molar-refractivity contribution in [3.8, 4) is 0 Å².